The number of amides is 1. The van der Waals surface area contributed by atoms with Crippen LogP contribution < -0.4 is 4.90 Å². The lowest BCUT2D eigenvalue weighted by Crippen LogP contribution is -2.35. The minimum atomic E-state index is -1.30. The second kappa shape index (κ2) is 6.10. The second-order valence-corrected chi connectivity index (χ2v) is 4.64. The van der Waals surface area contributed by atoms with Crippen molar-refractivity contribution in [1.82, 2.24) is 0 Å². The van der Waals surface area contributed by atoms with E-state index in [0.29, 0.717) is 6.42 Å². The number of carboxylic acids is 1. The van der Waals surface area contributed by atoms with Crippen LogP contribution in [0, 0.1) is 10.1 Å². The van der Waals surface area contributed by atoms with E-state index < -0.39 is 22.6 Å². The van der Waals surface area contributed by atoms with Crippen LogP contribution in [0.1, 0.15) is 23.2 Å². The number of nitrogens with zero attached hydrogens (tertiary/aromatic N) is 5. The quantitative estimate of drug-likeness (QED) is 0.290. The van der Waals surface area contributed by atoms with Gasteiger partial charge in [-0.25, -0.2) is 4.79 Å². The summed E-state index contributed by atoms with van der Waals surface area (Å²) in [5.41, 5.74) is 7.67. The van der Waals surface area contributed by atoms with Crippen LogP contribution in [0.2, 0.25) is 0 Å². The molecule has 1 heterocycles. The molecule has 1 atom stereocenters. The first-order chi connectivity index (χ1) is 10.5. The Morgan fingerprint density at radius 1 is 1.59 bits per heavy atom. The number of aromatic carboxylic acids is 1. The number of nitro groups is 1. The molecule has 1 saturated heterocycles. The average molecular weight is 305 g/mol. The first kappa shape index (κ1) is 15.3. The lowest BCUT2D eigenvalue weighted by atomic mass is 10.1. The van der Waals surface area contributed by atoms with Crippen molar-refractivity contribution in [2.75, 3.05) is 11.4 Å². The summed E-state index contributed by atoms with van der Waals surface area (Å²) in [5, 5.41) is 23.5. The highest BCUT2D eigenvalue weighted by Gasteiger charge is 2.35. The predicted molar refractivity (Wildman–Crippen MR) is 74.6 cm³/mol. The molecule has 1 unspecified atom stereocenters. The number of carbonyl (C=O) groups excluding carboxylic acids is 1. The van der Waals surface area contributed by atoms with Crippen LogP contribution in [0.4, 0.5) is 11.4 Å². The average Bonchev–Trinajstić information content (AvgIpc) is 2.85. The van der Waals surface area contributed by atoms with Gasteiger partial charge in [-0.1, -0.05) is 5.11 Å². The maximum absolute atomic E-state index is 12.0. The van der Waals surface area contributed by atoms with Crippen LogP contribution in [0.3, 0.4) is 0 Å². The fourth-order valence-electron chi connectivity index (χ4n) is 2.38. The molecule has 22 heavy (non-hydrogen) atoms. The molecule has 1 N–H and O–H groups in total. The van der Waals surface area contributed by atoms with Gasteiger partial charge in [-0.2, -0.15) is 0 Å². The third-order valence-corrected chi connectivity index (χ3v) is 3.36. The lowest BCUT2D eigenvalue weighted by molar-refractivity contribution is -0.384. The molecule has 1 fully saturated rings. The highest BCUT2D eigenvalue weighted by molar-refractivity contribution is 5.99. The molecule has 10 nitrogen and oxygen atoms in total. The zero-order valence-electron chi connectivity index (χ0n) is 11.2. The Kier molecular flexibility index (Phi) is 4.23. The Bertz CT molecular complexity index is 697. The first-order valence-electron chi connectivity index (χ1n) is 6.30. The van der Waals surface area contributed by atoms with Gasteiger partial charge in [0.25, 0.3) is 5.69 Å². The van der Waals surface area contributed by atoms with Crippen molar-refractivity contribution in [3.8, 4) is 0 Å². The first-order valence-corrected chi connectivity index (χ1v) is 6.30. The van der Waals surface area contributed by atoms with Gasteiger partial charge in [0.05, 0.1) is 10.5 Å². The maximum atomic E-state index is 12.0. The number of azide groups is 1. The molecule has 0 saturated carbocycles. The fraction of sp³-hybridized carbons (Fsp3) is 0.333. The molecule has 0 aliphatic carbocycles. The molecule has 2 rings (SSSR count). The van der Waals surface area contributed by atoms with Crippen molar-refractivity contribution in [3.05, 3.63) is 44.3 Å². The van der Waals surface area contributed by atoms with Crippen molar-refractivity contribution in [3.63, 3.8) is 0 Å². The van der Waals surface area contributed by atoms with Crippen molar-refractivity contribution in [2.45, 2.75) is 18.9 Å². The molecule has 0 spiro atoms. The number of anilines is 1. The number of carbonyl (C=O) groups is 2. The summed E-state index contributed by atoms with van der Waals surface area (Å²) in [4.78, 5) is 37.2. The number of nitro benzene ring substituents is 1. The van der Waals surface area contributed by atoms with E-state index >= 15 is 0 Å². The van der Waals surface area contributed by atoms with E-state index in [1.54, 1.807) is 0 Å². The van der Waals surface area contributed by atoms with Gasteiger partial charge in [0.1, 0.15) is 5.69 Å². The smallest absolute Gasteiger partial charge is 0.335 e. The van der Waals surface area contributed by atoms with Crippen molar-refractivity contribution in [2.24, 2.45) is 5.11 Å². The summed E-state index contributed by atoms with van der Waals surface area (Å²) in [7, 11) is 0. The van der Waals surface area contributed by atoms with E-state index in [0.717, 1.165) is 6.07 Å². The van der Waals surface area contributed by atoms with E-state index in [-0.39, 0.29) is 30.1 Å². The summed E-state index contributed by atoms with van der Waals surface area (Å²) < 4.78 is 0. The van der Waals surface area contributed by atoms with Crippen molar-refractivity contribution < 1.29 is 19.6 Å². The summed E-state index contributed by atoms with van der Waals surface area (Å²) in [5.74, 6) is -1.63. The highest BCUT2D eigenvalue weighted by Crippen LogP contribution is 2.35. The van der Waals surface area contributed by atoms with Gasteiger partial charge < -0.3 is 10.0 Å². The molecule has 114 valence electrons. The van der Waals surface area contributed by atoms with Crippen LogP contribution in [0.15, 0.2) is 23.3 Å². The molecule has 1 aliphatic rings. The van der Waals surface area contributed by atoms with Gasteiger partial charge >= 0.3 is 5.97 Å². The largest absolute Gasteiger partial charge is 0.478 e. The van der Waals surface area contributed by atoms with Gasteiger partial charge in [0, 0.05) is 30.0 Å². The maximum Gasteiger partial charge on any atom is 0.335 e. The van der Waals surface area contributed by atoms with Gasteiger partial charge in [-0.15, -0.1) is 0 Å². The summed E-state index contributed by atoms with van der Waals surface area (Å²) in [6, 6.07) is 2.86. The molecule has 0 bridgehead atoms. The Morgan fingerprint density at radius 3 is 2.91 bits per heavy atom. The molecule has 0 radical (unpaired) electrons. The van der Waals surface area contributed by atoms with E-state index in [2.05, 4.69) is 10.0 Å². The van der Waals surface area contributed by atoms with Crippen LogP contribution in [0.25, 0.3) is 10.4 Å². The fourth-order valence-corrected chi connectivity index (χ4v) is 2.38. The molecular formula is C12H11N5O5. The van der Waals surface area contributed by atoms with Crippen LogP contribution >= 0.6 is 0 Å². The van der Waals surface area contributed by atoms with Gasteiger partial charge in [0.2, 0.25) is 5.91 Å². The normalized spacial score (nSPS) is 17.2. The van der Waals surface area contributed by atoms with Crippen LogP contribution in [-0.2, 0) is 4.79 Å². The second-order valence-electron chi connectivity index (χ2n) is 4.64. The predicted octanol–water partition coefficient (Wildman–Crippen LogP) is 2.10. The third kappa shape index (κ3) is 2.81. The summed E-state index contributed by atoms with van der Waals surface area (Å²) in [6.45, 7) is 0.0000757. The topological polar surface area (TPSA) is 150 Å². The number of rotatable bonds is 5. The molecule has 1 aliphatic heterocycles. The van der Waals surface area contributed by atoms with Gasteiger partial charge in [-0.05, 0) is 24.1 Å². The highest BCUT2D eigenvalue weighted by atomic mass is 16.6. The zero-order chi connectivity index (χ0) is 16.3. The summed E-state index contributed by atoms with van der Waals surface area (Å²) in [6.07, 6.45) is 0.596. The number of benzene rings is 1. The molecule has 10 heteroatoms. The van der Waals surface area contributed by atoms with Gasteiger partial charge in [-0.3, -0.25) is 14.9 Å². The Balaban J connectivity index is 2.49. The summed E-state index contributed by atoms with van der Waals surface area (Å²) >= 11 is 0. The van der Waals surface area contributed by atoms with Crippen molar-refractivity contribution >= 4 is 23.3 Å². The van der Waals surface area contributed by atoms with E-state index in [9.17, 15) is 19.7 Å². The number of carboxylic acid groups (broad SMARTS) is 1. The molecule has 1 aromatic rings. The Morgan fingerprint density at radius 2 is 2.32 bits per heavy atom. The zero-order valence-corrected chi connectivity index (χ0v) is 11.2. The van der Waals surface area contributed by atoms with E-state index in [4.69, 9.17) is 10.6 Å². The monoisotopic (exact) mass is 305 g/mol. The molecule has 1 aromatic carbocycles. The van der Waals surface area contributed by atoms with Crippen molar-refractivity contribution in [1.29, 1.82) is 0 Å². The van der Waals surface area contributed by atoms with E-state index in [1.807, 2.05) is 0 Å². The van der Waals surface area contributed by atoms with Crippen LogP contribution in [-0.4, -0.2) is 34.5 Å². The van der Waals surface area contributed by atoms with Crippen LogP contribution in [0.5, 0.6) is 0 Å². The Labute approximate surface area is 123 Å². The standard InChI is InChI=1S/C12H11N5O5/c13-15-14-6-8-2-4-11(18)16(8)9-3-1-7(12(19)20)5-10(9)17(21)22/h1,3,5,8H,2,4,6H2,(H,19,20). The Hall–Kier alpha value is -3.13. The van der Waals surface area contributed by atoms with Gasteiger partial charge in [0.15, 0.2) is 0 Å². The number of hydrogen-bond acceptors (Lipinski definition) is 5. The SMILES string of the molecule is [N-]=[N+]=NCC1CCC(=O)N1c1ccc(C(=O)O)cc1[N+](=O)[O-]. The minimum absolute atomic E-state index is 0.0000757. The lowest BCUT2D eigenvalue weighted by Gasteiger charge is -2.23. The number of hydrogen-bond donors (Lipinski definition) is 1. The molecule has 0 aromatic heterocycles. The molecular weight excluding hydrogens is 294 g/mol. The third-order valence-electron chi connectivity index (χ3n) is 3.36. The molecule has 1 amide bonds. The van der Waals surface area contributed by atoms with E-state index in [1.165, 1.54) is 17.0 Å². The minimum Gasteiger partial charge on any atom is -0.478 e.